The van der Waals surface area contributed by atoms with Crippen LogP contribution in [-0.4, -0.2) is 78.1 Å². The quantitative estimate of drug-likeness (QED) is 0.749. The van der Waals surface area contributed by atoms with Crippen LogP contribution < -0.4 is 0 Å². The predicted molar refractivity (Wildman–Crippen MR) is 111 cm³/mol. The van der Waals surface area contributed by atoms with Crippen LogP contribution in [0.1, 0.15) is 30.4 Å². The van der Waals surface area contributed by atoms with Gasteiger partial charge in [0.05, 0.1) is 12.3 Å². The smallest absolute Gasteiger partial charge is 0.236 e. The fraction of sp³-hybridized carbons (Fsp3) is 0.619. The second kappa shape index (κ2) is 10.1. The number of nitrogens with zero attached hydrogens (tertiary/aromatic N) is 3. The third-order valence-corrected chi connectivity index (χ3v) is 6.40. The highest BCUT2D eigenvalue weighted by molar-refractivity contribution is 7.99. The summed E-state index contributed by atoms with van der Waals surface area (Å²) in [6.45, 7) is 7.48. The number of carbonyl (C=O) groups is 2. The number of carbonyl (C=O) groups excluding carboxylic acids is 2. The second-order valence-electron chi connectivity index (χ2n) is 7.58. The maximum atomic E-state index is 12.4. The lowest BCUT2D eigenvalue weighted by Gasteiger charge is -2.36. The van der Waals surface area contributed by atoms with E-state index < -0.39 is 0 Å². The minimum atomic E-state index is 0.217. The summed E-state index contributed by atoms with van der Waals surface area (Å²) in [5, 5.41) is 0. The first-order valence-electron chi connectivity index (χ1n) is 10.0. The van der Waals surface area contributed by atoms with Crippen LogP contribution in [0.3, 0.4) is 0 Å². The van der Waals surface area contributed by atoms with Crippen LogP contribution in [0.15, 0.2) is 24.3 Å². The van der Waals surface area contributed by atoms with Crippen molar-refractivity contribution in [3.05, 3.63) is 35.4 Å². The molecule has 2 heterocycles. The summed E-state index contributed by atoms with van der Waals surface area (Å²) in [6.07, 6.45) is 3.51. The van der Waals surface area contributed by atoms with Crippen molar-refractivity contribution in [1.29, 1.82) is 0 Å². The minimum Gasteiger partial charge on any atom is -0.342 e. The molecular formula is C21H31N3O2S. The highest BCUT2D eigenvalue weighted by Gasteiger charge is 2.24. The van der Waals surface area contributed by atoms with Gasteiger partial charge in [0.1, 0.15) is 0 Å². The van der Waals surface area contributed by atoms with Crippen LogP contribution in [0.4, 0.5) is 0 Å². The van der Waals surface area contributed by atoms with Crippen LogP contribution in [0.25, 0.3) is 0 Å². The Balaban J connectivity index is 1.33. The van der Waals surface area contributed by atoms with E-state index in [9.17, 15) is 9.59 Å². The molecule has 2 amide bonds. The summed E-state index contributed by atoms with van der Waals surface area (Å²) in [7, 11) is 0. The summed E-state index contributed by atoms with van der Waals surface area (Å²) in [6, 6.07) is 8.49. The molecule has 2 fully saturated rings. The number of piperazine rings is 1. The first-order valence-corrected chi connectivity index (χ1v) is 11.2. The monoisotopic (exact) mass is 389 g/mol. The van der Waals surface area contributed by atoms with Crippen LogP contribution in [0, 0.1) is 6.92 Å². The van der Waals surface area contributed by atoms with Gasteiger partial charge in [-0.05, 0) is 31.7 Å². The van der Waals surface area contributed by atoms with Crippen molar-refractivity contribution in [2.45, 2.75) is 31.9 Å². The molecule has 0 unspecified atom stereocenters. The molecule has 2 aliphatic rings. The Morgan fingerprint density at radius 1 is 0.852 bits per heavy atom. The van der Waals surface area contributed by atoms with Gasteiger partial charge in [0.2, 0.25) is 11.8 Å². The first-order chi connectivity index (χ1) is 13.1. The van der Waals surface area contributed by atoms with E-state index in [1.807, 2.05) is 9.80 Å². The molecular weight excluding hydrogens is 358 g/mol. The summed E-state index contributed by atoms with van der Waals surface area (Å²) in [4.78, 5) is 31.0. The molecule has 1 aromatic rings. The number of piperidine rings is 1. The van der Waals surface area contributed by atoms with Crippen LogP contribution >= 0.6 is 11.8 Å². The maximum Gasteiger partial charge on any atom is 0.236 e. The van der Waals surface area contributed by atoms with Crippen molar-refractivity contribution < 1.29 is 9.59 Å². The normalized spacial score (nSPS) is 18.6. The number of amides is 2. The van der Waals surface area contributed by atoms with E-state index in [1.165, 1.54) is 17.5 Å². The third kappa shape index (κ3) is 6.25. The van der Waals surface area contributed by atoms with E-state index in [1.54, 1.807) is 11.8 Å². The number of benzene rings is 1. The number of hydrogen-bond donors (Lipinski definition) is 0. The molecule has 5 nitrogen and oxygen atoms in total. The number of aryl methyl sites for hydroxylation is 1. The summed E-state index contributed by atoms with van der Waals surface area (Å²) < 4.78 is 0. The predicted octanol–water partition coefficient (Wildman–Crippen LogP) is 2.38. The topological polar surface area (TPSA) is 43.9 Å². The van der Waals surface area contributed by atoms with Crippen molar-refractivity contribution in [2.24, 2.45) is 0 Å². The lowest BCUT2D eigenvalue weighted by molar-refractivity contribution is -0.134. The number of thioether (sulfide) groups is 1. The molecule has 3 rings (SSSR count). The van der Waals surface area contributed by atoms with Gasteiger partial charge in [0.25, 0.3) is 0 Å². The second-order valence-corrected chi connectivity index (χ2v) is 8.56. The highest BCUT2D eigenvalue weighted by atomic mass is 32.2. The zero-order chi connectivity index (χ0) is 19.1. The molecule has 0 aliphatic carbocycles. The largest absolute Gasteiger partial charge is 0.342 e. The maximum absolute atomic E-state index is 12.4. The van der Waals surface area contributed by atoms with Gasteiger partial charge in [-0.3, -0.25) is 14.5 Å². The van der Waals surface area contributed by atoms with Gasteiger partial charge in [0, 0.05) is 45.0 Å². The van der Waals surface area contributed by atoms with E-state index in [2.05, 4.69) is 36.1 Å². The van der Waals surface area contributed by atoms with Gasteiger partial charge in [-0.25, -0.2) is 0 Å². The van der Waals surface area contributed by atoms with Crippen LogP contribution in [0.2, 0.25) is 0 Å². The zero-order valence-corrected chi connectivity index (χ0v) is 17.2. The van der Waals surface area contributed by atoms with Crippen LogP contribution in [0.5, 0.6) is 0 Å². The Labute approximate surface area is 167 Å². The Hall–Kier alpha value is -1.53. The van der Waals surface area contributed by atoms with E-state index in [-0.39, 0.29) is 11.8 Å². The SMILES string of the molecule is Cc1ccc(CSCC(=O)N2CCN(CC(=O)N3CCCCC3)CC2)cc1. The molecule has 0 spiro atoms. The summed E-state index contributed by atoms with van der Waals surface area (Å²) >= 11 is 1.68. The van der Waals surface area contributed by atoms with Crippen molar-refractivity contribution in [1.82, 2.24) is 14.7 Å². The lowest BCUT2D eigenvalue weighted by Crippen LogP contribution is -2.52. The van der Waals surface area contributed by atoms with Crippen molar-refractivity contribution in [3.8, 4) is 0 Å². The van der Waals surface area contributed by atoms with E-state index in [4.69, 9.17) is 0 Å². The number of rotatable bonds is 6. The van der Waals surface area contributed by atoms with Crippen molar-refractivity contribution in [2.75, 3.05) is 51.6 Å². The fourth-order valence-corrected chi connectivity index (χ4v) is 4.51. The number of likely N-dealkylation sites (tertiary alicyclic amines) is 1. The van der Waals surface area contributed by atoms with Crippen molar-refractivity contribution in [3.63, 3.8) is 0 Å². The van der Waals surface area contributed by atoms with Gasteiger partial charge in [-0.15, -0.1) is 11.8 Å². The average Bonchev–Trinajstić information content (AvgIpc) is 2.70. The standard InChI is InChI=1S/C21H31N3O2S/c1-18-5-7-19(8-6-18)16-27-17-21(26)24-13-11-22(12-14-24)15-20(25)23-9-3-2-4-10-23/h5-8H,2-4,9-17H2,1H3. The Morgan fingerprint density at radius 3 is 2.15 bits per heavy atom. The van der Waals surface area contributed by atoms with Crippen molar-refractivity contribution >= 4 is 23.6 Å². The number of hydrogen-bond acceptors (Lipinski definition) is 4. The third-order valence-electron chi connectivity index (χ3n) is 5.41. The zero-order valence-electron chi connectivity index (χ0n) is 16.4. The van der Waals surface area contributed by atoms with Crippen LogP contribution in [-0.2, 0) is 15.3 Å². The minimum absolute atomic E-state index is 0.217. The van der Waals surface area contributed by atoms with Gasteiger partial charge in [-0.2, -0.15) is 0 Å². The summed E-state index contributed by atoms with van der Waals surface area (Å²) in [5.74, 6) is 1.87. The van der Waals surface area contributed by atoms with E-state index in [0.717, 1.165) is 57.9 Å². The molecule has 0 atom stereocenters. The highest BCUT2D eigenvalue weighted by Crippen LogP contribution is 2.15. The molecule has 0 N–H and O–H groups in total. The molecule has 148 valence electrons. The molecule has 2 aliphatic heterocycles. The molecule has 2 saturated heterocycles. The Morgan fingerprint density at radius 2 is 1.48 bits per heavy atom. The molecule has 0 saturated carbocycles. The van der Waals surface area contributed by atoms with E-state index >= 15 is 0 Å². The molecule has 6 heteroatoms. The van der Waals surface area contributed by atoms with Gasteiger partial charge in [-0.1, -0.05) is 29.8 Å². The fourth-order valence-electron chi connectivity index (χ4n) is 3.62. The van der Waals surface area contributed by atoms with Gasteiger partial charge >= 0.3 is 0 Å². The Kier molecular flexibility index (Phi) is 7.59. The first kappa shape index (κ1) is 20.2. The molecule has 0 radical (unpaired) electrons. The molecule has 0 aromatic heterocycles. The van der Waals surface area contributed by atoms with E-state index in [0.29, 0.717) is 12.3 Å². The summed E-state index contributed by atoms with van der Waals surface area (Å²) in [5.41, 5.74) is 2.52. The molecule has 0 bridgehead atoms. The molecule has 27 heavy (non-hydrogen) atoms. The Bertz CT molecular complexity index is 621. The average molecular weight is 390 g/mol. The molecule has 1 aromatic carbocycles. The van der Waals surface area contributed by atoms with Gasteiger partial charge in [0.15, 0.2) is 0 Å². The lowest BCUT2D eigenvalue weighted by atomic mass is 10.1. The van der Waals surface area contributed by atoms with Gasteiger partial charge < -0.3 is 9.80 Å².